The van der Waals surface area contributed by atoms with Crippen molar-refractivity contribution in [2.45, 2.75) is 44.2 Å². The Balaban J connectivity index is 2.03. The molecule has 1 fully saturated rings. The van der Waals surface area contributed by atoms with Gasteiger partial charge in [-0.3, -0.25) is 9.59 Å². The Morgan fingerprint density at radius 3 is 2.35 bits per heavy atom. The minimum atomic E-state index is -1.99. The topological polar surface area (TPSA) is 111 Å². The molecule has 0 aromatic heterocycles. The maximum Gasteiger partial charge on any atom is 0.279 e. The van der Waals surface area contributed by atoms with Crippen LogP contribution in [0.4, 0.5) is 0 Å². The number of carbonyl (C=O) groups excluding carboxylic acids is 2. The largest absolute Gasteiger partial charge is 0.467 e. The third kappa shape index (κ3) is 6.18. The maximum atomic E-state index is 13.8. The lowest BCUT2D eigenvalue weighted by Crippen LogP contribution is -2.53. The second-order valence-electron chi connectivity index (χ2n) is 8.44. The molecular weight excluding hydrogens is 482 g/mol. The Labute approximate surface area is 217 Å². The Kier molecular flexibility index (Phi) is 10.6. The number of amides is 1. The van der Waals surface area contributed by atoms with Gasteiger partial charge in [-0.1, -0.05) is 49.4 Å². The molecule has 1 aromatic carbocycles. The molecule has 4 atom stereocenters. The van der Waals surface area contributed by atoms with Crippen molar-refractivity contribution < 1.29 is 42.7 Å². The SMILES string of the molecule is CC/C=C\[C@H](OCOC)[C@H](OCOC)C1=C(C)C(=O)[C@]2(O1)C(=O)N/C(=C/c1ccccc1)[C@@H]2OCOC. The smallest absolute Gasteiger partial charge is 0.279 e. The van der Waals surface area contributed by atoms with E-state index < -0.39 is 35.6 Å². The van der Waals surface area contributed by atoms with E-state index in [-0.39, 0.29) is 31.7 Å². The molecule has 0 radical (unpaired) electrons. The van der Waals surface area contributed by atoms with Gasteiger partial charge < -0.3 is 38.5 Å². The van der Waals surface area contributed by atoms with E-state index in [9.17, 15) is 9.59 Å². The van der Waals surface area contributed by atoms with Crippen molar-refractivity contribution in [3.05, 3.63) is 65.1 Å². The zero-order chi connectivity index (χ0) is 26.8. The highest BCUT2D eigenvalue weighted by molar-refractivity contribution is 6.21. The summed E-state index contributed by atoms with van der Waals surface area (Å²) in [7, 11) is 4.44. The minimum Gasteiger partial charge on any atom is -0.467 e. The lowest BCUT2D eigenvalue weighted by molar-refractivity contribution is -0.175. The van der Waals surface area contributed by atoms with Crippen LogP contribution in [0, 0.1) is 0 Å². The van der Waals surface area contributed by atoms with Crippen LogP contribution < -0.4 is 5.32 Å². The Hall–Kier alpha value is -2.86. The fraction of sp³-hybridized carbons (Fsp3) is 0.481. The van der Waals surface area contributed by atoms with Crippen molar-refractivity contribution in [1.29, 1.82) is 0 Å². The van der Waals surface area contributed by atoms with Gasteiger partial charge in [-0.15, -0.1) is 0 Å². The summed E-state index contributed by atoms with van der Waals surface area (Å²) < 4.78 is 39.3. The number of rotatable bonds is 14. The summed E-state index contributed by atoms with van der Waals surface area (Å²) in [5, 5.41) is 2.78. The van der Waals surface area contributed by atoms with Crippen LogP contribution in [0.15, 0.2) is 59.5 Å². The van der Waals surface area contributed by atoms with Crippen molar-refractivity contribution >= 4 is 17.8 Å². The normalized spacial score (nSPS) is 24.4. The summed E-state index contributed by atoms with van der Waals surface area (Å²) in [5.41, 5.74) is -0.578. The maximum absolute atomic E-state index is 13.8. The third-order valence-corrected chi connectivity index (χ3v) is 5.90. The first kappa shape index (κ1) is 28.7. The summed E-state index contributed by atoms with van der Waals surface area (Å²) in [5.74, 6) is -1.02. The molecule has 2 heterocycles. The number of hydrogen-bond donors (Lipinski definition) is 1. The van der Waals surface area contributed by atoms with Crippen molar-refractivity contribution in [2.24, 2.45) is 0 Å². The highest BCUT2D eigenvalue weighted by atomic mass is 16.7. The Morgan fingerprint density at radius 1 is 1.03 bits per heavy atom. The van der Waals surface area contributed by atoms with Crippen LogP contribution in [0.3, 0.4) is 0 Å². The van der Waals surface area contributed by atoms with Gasteiger partial charge >= 0.3 is 0 Å². The second-order valence-corrected chi connectivity index (χ2v) is 8.44. The van der Waals surface area contributed by atoms with Gasteiger partial charge in [0, 0.05) is 26.9 Å². The van der Waals surface area contributed by atoms with E-state index in [2.05, 4.69) is 5.32 Å². The molecule has 2 aliphatic heterocycles. The zero-order valence-electron chi connectivity index (χ0n) is 21.9. The van der Waals surface area contributed by atoms with E-state index in [4.69, 9.17) is 33.2 Å². The second kappa shape index (κ2) is 13.6. The fourth-order valence-corrected chi connectivity index (χ4v) is 4.21. The molecule has 10 heteroatoms. The Bertz CT molecular complexity index is 1020. The molecule has 1 spiro atoms. The van der Waals surface area contributed by atoms with Crippen molar-refractivity contribution in [1.82, 2.24) is 5.32 Å². The van der Waals surface area contributed by atoms with Crippen molar-refractivity contribution in [3.8, 4) is 0 Å². The van der Waals surface area contributed by atoms with Crippen LogP contribution >= 0.6 is 0 Å². The van der Waals surface area contributed by atoms with Gasteiger partial charge in [0.1, 0.15) is 38.3 Å². The molecule has 2 aliphatic rings. The van der Waals surface area contributed by atoms with Gasteiger partial charge in [-0.2, -0.15) is 0 Å². The molecule has 0 bridgehead atoms. The molecular formula is C27H35NO9. The highest BCUT2D eigenvalue weighted by Crippen LogP contribution is 2.43. The van der Waals surface area contributed by atoms with Crippen LogP contribution in [0.5, 0.6) is 0 Å². The number of benzene rings is 1. The van der Waals surface area contributed by atoms with Crippen molar-refractivity contribution in [3.63, 3.8) is 0 Å². The van der Waals surface area contributed by atoms with Gasteiger partial charge in [0.15, 0.2) is 6.10 Å². The van der Waals surface area contributed by atoms with Crippen LogP contribution in [-0.4, -0.2) is 77.3 Å². The first-order valence-corrected chi connectivity index (χ1v) is 11.9. The summed E-state index contributed by atoms with van der Waals surface area (Å²) in [6.07, 6.45) is 3.50. The first-order valence-electron chi connectivity index (χ1n) is 11.9. The molecule has 1 amide bonds. The van der Waals surface area contributed by atoms with E-state index in [1.54, 1.807) is 19.1 Å². The van der Waals surface area contributed by atoms with E-state index in [0.29, 0.717) is 5.70 Å². The molecule has 1 saturated heterocycles. The number of nitrogens with one attached hydrogen (secondary N) is 1. The molecule has 0 unspecified atom stereocenters. The third-order valence-electron chi connectivity index (χ3n) is 5.90. The van der Waals surface area contributed by atoms with Crippen LogP contribution in [0.25, 0.3) is 6.08 Å². The summed E-state index contributed by atoms with van der Waals surface area (Å²) in [6, 6.07) is 9.36. The fourth-order valence-electron chi connectivity index (χ4n) is 4.21. The molecule has 202 valence electrons. The molecule has 0 saturated carbocycles. The van der Waals surface area contributed by atoms with Gasteiger partial charge in [0.25, 0.3) is 11.5 Å². The summed E-state index contributed by atoms with van der Waals surface area (Å²) in [4.78, 5) is 27.2. The zero-order valence-corrected chi connectivity index (χ0v) is 21.9. The van der Waals surface area contributed by atoms with Crippen LogP contribution in [0.2, 0.25) is 0 Å². The number of methoxy groups -OCH3 is 3. The number of carbonyl (C=O) groups is 2. The van der Waals surface area contributed by atoms with E-state index in [0.717, 1.165) is 12.0 Å². The average Bonchev–Trinajstić information content (AvgIpc) is 3.32. The molecule has 1 N–H and O–H groups in total. The summed E-state index contributed by atoms with van der Waals surface area (Å²) >= 11 is 0. The lowest BCUT2D eigenvalue weighted by atomic mass is 9.90. The van der Waals surface area contributed by atoms with Gasteiger partial charge in [-0.05, 0) is 25.0 Å². The van der Waals surface area contributed by atoms with Crippen LogP contribution in [0.1, 0.15) is 25.8 Å². The van der Waals surface area contributed by atoms with E-state index >= 15 is 0 Å². The number of hydrogen-bond acceptors (Lipinski definition) is 9. The minimum absolute atomic E-state index is 0.0268. The van der Waals surface area contributed by atoms with Crippen LogP contribution in [-0.2, 0) is 42.7 Å². The predicted molar refractivity (Wildman–Crippen MR) is 134 cm³/mol. The quantitative estimate of drug-likeness (QED) is 0.226. The van der Waals surface area contributed by atoms with Gasteiger partial charge in [-0.25, -0.2) is 0 Å². The van der Waals surface area contributed by atoms with Crippen molar-refractivity contribution in [2.75, 3.05) is 41.7 Å². The standard InChI is InChI=1S/C27H35NO9/c1-6-7-13-21(34-15-31-3)23(35-16-32-4)22-18(2)24(29)27(37-22)25(36-17-33-5)20(28-26(27)30)14-19-11-9-8-10-12-19/h7-14,21,23,25H,6,15-17H2,1-5H3,(H,28,30)/b13-7-,20-14+/t21-,23-,25-,27+/m0/s1. The average molecular weight is 518 g/mol. The highest BCUT2D eigenvalue weighted by Gasteiger charge is 2.66. The first-order chi connectivity index (χ1) is 17.9. The van der Waals surface area contributed by atoms with Gasteiger partial charge in [0.2, 0.25) is 5.78 Å². The monoisotopic (exact) mass is 517 g/mol. The number of ketones is 1. The molecule has 37 heavy (non-hydrogen) atoms. The summed E-state index contributed by atoms with van der Waals surface area (Å²) in [6.45, 7) is 3.27. The van der Waals surface area contributed by atoms with Gasteiger partial charge in [0.05, 0.1) is 5.70 Å². The van der Waals surface area contributed by atoms with E-state index in [1.165, 1.54) is 21.3 Å². The number of Topliss-reactive ketones (excluding diaryl/α,β-unsaturated/α-hetero) is 1. The number of allylic oxidation sites excluding steroid dienone is 1. The predicted octanol–water partition coefficient (Wildman–Crippen LogP) is 2.70. The molecule has 3 rings (SSSR count). The lowest BCUT2D eigenvalue weighted by Gasteiger charge is -2.30. The van der Waals surface area contributed by atoms with E-state index in [1.807, 2.05) is 43.3 Å². The molecule has 0 aliphatic carbocycles. The molecule has 1 aromatic rings. The Morgan fingerprint density at radius 2 is 1.70 bits per heavy atom. The number of ether oxygens (including phenoxy) is 7. The molecule has 10 nitrogen and oxygen atoms in total.